The normalized spacial score (nSPS) is 11.8. The third-order valence-corrected chi connectivity index (χ3v) is 5.79. The van der Waals surface area contributed by atoms with E-state index in [-0.39, 0.29) is 30.7 Å². The number of hydrogen-bond acceptors (Lipinski definition) is 4. The molecule has 9 heteroatoms. The van der Waals surface area contributed by atoms with E-state index >= 15 is 0 Å². The van der Waals surface area contributed by atoms with E-state index in [2.05, 4.69) is 6.58 Å². The van der Waals surface area contributed by atoms with Crippen LogP contribution in [0.5, 0.6) is 5.75 Å². The van der Waals surface area contributed by atoms with Crippen molar-refractivity contribution in [2.24, 2.45) is 0 Å². The van der Waals surface area contributed by atoms with Crippen molar-refractivity contribution in [2.45, 2.75) is 12.5 Å². The van der Waals surface area contributed by atoms with E-state index in [1.54, 1.807) is 18.2 Å². The third kappa shape index (κ3) is 5.02. The monoisotopic (exact) mass is 468 g/mol. The van der Waals surface area contributed by atoms with Gasteiger partial charge in [-0.15, -0.1) is 6.58 Å². The molecule has 0 amide bonds. The average molecular weight is 471 g/mol. The Bertz CT molecular complexity index is 823. The van der Waals surface area contributed by atoms with Crippen LogP contribution in [-0.4, -0.2) is 13.1 Å². The number of methoxy groups -OCH3 is 1. The molecule has 0 saturated carbocycles. The molecule has 2 aromatic carbocycles. The molecule has 2 aromatic rings. The molecule has 0 spiro atoms. The van der Waals surface area contributed by atoms with Gasteiger partial charge in [0.1, 0.15) is 0 Å². The summed E-state index contributed by atoms with van der Waals surface area (Å²) in [6.45, 7) is 3.66. The van der Waals surface area contributed by atoms with Gasteiger partial charge >= 0.3 is 5.97 Å². The topological polar surface area (TPSA) is 44.8 Å². The molecular weight excluding hydrogens is 457 g/mol. The summed E-state index contributed by atoms with van der Waals surface area (Å²) in [5.41, 5.74) is 1.05. The maximum absolute atomic E-state index is 12.4. The highest BCUT2D eigenvalue weighted by Crippen LogP contribution is 2.46. The highest BCUT2D eigenvalue weighted by atomic mass is 35.5. The largest absolute Gasteiger partial charge is 0.388 e. The molecular formula is C18H13Cl5O4. The van der Waals surface area contributed by atoms with Gasteiger partial charge in [-0.3, -0.25) is 4.89 Å². The van der Waals surface area contributed by atoms with E-state index in [1.165, 1.54) is 7.11 Å². The average Bonchev–Trinajstić information content (AvgIpc) is 2.67. The molecule has 0 aromatic heterocycles. The lowest BCUT2D eigenvalue weighted by molar-refractivity contribution is -0.224. The predicted molar refractivity (Wildman–Crippen MR) is 108 cm³/mol. The molecule has 1 atom stereocenters. The molecule has 2 rings (SSSR count). The molecule has 0 aliphatic carbocycles. The minimum atomic E-state index is -1.34. The first kappa shape index (κ1) is 22.2. The second-order valence-electron chi connectivity index (χ2n) is 5.22. The molecule has 0 N–H and O–H groups in total. The van der Waals surface area contributed by atoms with Crippen LogP contribution >= 0.6 is 58.0 Å². The second-order valence-corrected chi connectivity index (χ2v) is 7.11. The summed E-state index contributed by atoms with van der Waals surface area (Å²) >= 11 is 30.3. The van der Waals surface area contributed by atoms with Gasteiger partial charge in [-0.1, -0.05) is 76.2 Å². The summed E-state index contributed by atoms with van der Waals surface area (Å²) in [6, 6.07) is 6.91. The van der Waals surface area contributed by atoms with Crippen LogP contribution in [0.3, 0.4) is 0 Å². The van der Waals surface area contributed by atoms with Crippen LogP contribution < -0.4 is 4.89 Å². The molecule has 144 valence electrons. The van der Waals surface area contributed by atoms with E-state index in [9.17, 15) is 4.79 Å². The Kier molecular flexibility index (Phi) is 8.10. The van der Waals surface area contributed by atoms with Crippen molar-refractivity contribution in [3.8, 4) is 5.75 Å². The molecule has 0 bridgehead atoms. The van der Waals surface area contributed by atoms with E-state index < -0.39 is 12.1 Å². The van der Waals surface area contributed by atoms with Crippen LogP contribution in [0, 0.1) is 0 Å². The van der Waals surface area contributed by atoms with E-state index in [1.807, 2.05) is 12.1 Å². The minimum Gasteiger partial charge on any atom is -0.365 e. The molecule has 0 aliphatic heterocycles. The molecule has 0 saturated heterocycles. The van der Waals surface area contributed by atoms with Crippen LogP contribution in [0.25, 0.3) is 0 Å². The summed E-state index contributed by atoms with van der Waals surface area (Å²) in [7, 11) is 1.26. The number of allylic oxidation sites excluding steroid dienone is 1. The van der Waals surface area contributed by atoms with Gasteiger partial charge in [-0.2, -0.15) is 0 Å². The van der Waals surface area contributed by atoms with Gasteiger partial charge in [0, 0.05) is 12.7 Å². The quantitative estimate of drug-likeness (QED) is 0.145. The van der Waals surface area contributed by atoms with Crippen LogP contribution in [0.1, 0.15) is 17.2 Å². The lowest BCUT2D eigenvalue weighted by Gasteiger charge is -2.18. The van der Waals surface area contributed by atoms with Gasteiger partial charge in [-0.25, -0.2) is 9.68 Å². The van der Waals surface area contributed by atoms with Crippen molar-refractivity contribution in [1.29, 1.82) is 0 Å². The number of rotatable bonds is 7. The summed E-state index contributed by atoms with van der Waals surface area (Å²) in [5.74, 6) is -0.596. The van der Waals surface area contributed by atoms with Gasteiger partial charge in [0.25, 0.3) is 0 Å². The Labute approximate surface area is 181 Å². The number of halogens is 5. The maximum Gasteiger partial charge on any atom is 0.388 e. The standard InChI is InChI=1S/C18H13Cl5O4/c1-3-4-9-5-7-10(8-6-9)26-27-18(24)17(25-2)11-12(19)14(21)16(23)15(22)13(11)20/h3,5-8,17H,1,4H2,2H3. The van der Waals surface area contributed by atoms with Gasteiger partial charge in [0.15, 0.2) is 11.9 Å². The Morgan fingerprint density at radius 1 is 1.00 bits per heavy atom. The smallest absolute Gasteiger partial charge is 0.365 e. The van der Waals surface area contributed by atoms with Crippen molar-refractivity contribution < 1.29 is 19.3 Å². The molecule has 0 radical (unpaired) electrons. The van der Waals surface area contributed by atoms with Crippen LogP contribution in [-0.2, 0) is 20.8 Å². The minimum absolute atomic E-state index is 0.0233. The van der Waals surface area contributed by atoms with Gasteiger partial charge in [-0.05, 0) is 24.1 Å². The van der Waals surface area contributed by atoms with Crippen molar-refractivity contribution in [3.05, 3.63) is 73.2 Å². The summed E-state index contributed by atoms with van der Waals surface area (Å²) < 4.78 is 5.15. The number of ether oxygens (including phenoxy) is 1. The summed E-state index contributed by atoms with van der Waals surface area (Å²) in [5, 5.41) is -0.300. The Morgan fingerprint density at radius 2 is 1.52 bits per heavy atom. The van der Waals surface area contributed by atoms with E-state index in [4.69, 9.17) is 72.5 Å². The maximum atomic E-state index is 12.4. The van der Waals surface area contributed by atoms with Crippen molar-refractivity contribution in [2.75, 3.05) is 7.11 Å². The fourth-order valence-electron chi connectivity index (χ4n) is 2.16. The molecule has 0 fully saturated rings. The van der Waals surface area contributed by atoms with Crippen LogP contribution in [0.4, 0.5) is 0 Å². The SMILES string of the molecule is C=CCc1ccc(OOC(=O)C(OC)c2c(Cl)c(Cl)c(Cl)c(Cl)c2Cl)cc1. The Hall–Kier alpha value is -1.14. The lowest BCUT2D eigenvalue weighted by Crippen LogP contribution is -2.20. The zero-order valence-corrected chi connectivity index (χ0v) is 17.7. The first-order valence-electron chi connectivity index (χ1n) is 7.44. The van der Waals surface area contributed by atoms with Gasteiger partial charge in [0.05, 0.1) is 25.1 Å². The van der Waals surface area contributed by atoms with E-state index in [0.717, 1.165) is 5.56 Å². The molecule has 4 nitrogen and oxygen atoms in total. The molecule has 27 heavy (non-hydrogen) atoms. The van der Waals surface area contributed by atoms with Crippen LogP contribution in [0.2, 0.25) is 25.1 Å². The Balaban J connectivity index is 2.20. The zero-order valence-electron chi connectivity index (χ0n) is 13.9. The fourth-order valence-corrected chi connectivity index (χ4v) is 3.52. The van der Waals surface area contributed by atoms with Crippen molar-refractivity contribution in [3.63, 3.8) is 0 Å². The summed E-state index contributed by atoms with van der Waals surface area (Å²) in [4.78, 5) is 22.3. The van der Waals surface area contributed by atoms with Crippen LogP contribution in [0.15, 0.2) is 36.9 Å². The zero-order chi connectivity index (χ0) is 20.1. The second kappa shape index (κ2) is 9.87. The lowest BCUT2D eigenvalue weighted by atomic mass is 10.1. The number of benzene rings is 2. The van der Waals surface area contributed by atoms with Gasteiger partial charge < -0.3 is 4.74 Å². The van der Waals surface area contributed by atoms with E-state index in [0.29, 0.717) is 12.2 Å². The molecule has 0 heterocycles. The number of carbonyl (C=O) groups is 1. The van der Waals surface area contributed by atoms with Crippen molar-refractivity contribution >= 4 is 64.0 Å². The first-order valence-corrected chi connectivity index (χ1v) is 9.33. The fraction of sp³-hybridized carbons (Fsp3) is 0.167. The third-order valence-electron chi connectivity index (χ3n) is 3.48. The highest BCUT2D eigenvalue weighted by molar-refractivity contribution is 6.55. The number of hydrogen-bond donors (Lipinski definition) is 0. The highest BCUT2D eigenvalue weighted by Gasteiger charge is 2.32. The molecule has 0 aliphatic rings. The number of carbonyl (C=O) groups excluding carboxylic acids is 1. The predicted octanol–water partition coefficient (Wildman–Crippen LogP) is 6.91. The van der Waals surface area contributed by atoms with Crippen molar-refractivity contribution in [1.82, 2.24) is 0 Å². The Morgan fingerprint density at radius 3 is 2.00 bits per heavy atom. The summed E-state index contributed by atoms with van der Waals surface area (Å²) in [6.07, 6.45) is 1.15. The first-order chi connectivity index (χ1) is 12.8. The molecule has 1 unspecified atom stereocenters. The van der Waals surface area contributed by atoms with Gasteiger partial charge in [0.2, 0.25) is 0 Å².